The number of halogens is 1. The van der Waals surface area contributed by atoms with Gasteiger partial charge in [0.05, 0.1) is 17.3 Å². The van der Waals surface area contributed by atoms with Crippen molar-refractivity contribution in [2.75, 3.05) is 41.3 Å². The van der Waals surface area contributed by atoms with E-state index in [1.54, 1.807) is 18.2 Å². The van der Waals surface area contributed by atoms with E-state index in [1.165, 1.54) is 6.07 Å². The fraction of sp³-hybridized carbons (Fsp3) is 0.227. The highest BCUT2D eigenvalue weighted by Crippen LogP contribution is 2.24. The van der Waals surface area contributed by atoms with Crippen LogP contribution in [0.4, 0.5) is 27.4 Å². The van der Waals surface area contributed by atoms with Gasteiger partial charge in [-0.15, -0.1) is 0 Å². The Labute approximate surface area is 169 Å². The molecular weight excluding hydrogens is 367 g/mol. The van der Waals surface area contributed by atoms with Crippen LogP contribution in [0.25, 0.3) is 0 Å². The van der Waals surface area contributed by atoms with Gasteiger partial charge < -0.3 is 15.1 Å². The number of para-hydroxylation sites is 1. The second kappa shape index (κ2) is 8.15. The smallest absolute Gasteiger partial charge is 0.146 e. The molecule has 1 fully saturated rings. The van der Waals surface area contributed by atoms with Crippen LogP contribution < -0.4 is 15.1 Å². The number of hydrogen-bond donors (Lipinski definition) is 1. The van der Waals surface area contributed by atoms with Gasteiger partial charge in [0.25, 0.3) is 0 Å². The zero-order chi connectivity index (χ0) is 20.2. The number of hydrogen-bond acceptors (Lipinski definition) is 6. The third-order valence-electron chi connectivity index (χ3n) is 4.91. The van der Waals surface area contributed by atoms with E-state index in [1.807, 2.05) is 37.3 Å². The van der Waals surface area contributed by atoms with Crippen LogP contribution in [0.5, 0.6) is 0 Å². The van der Waals surface area contributed by atoms with E-state index in [0.717, 1.165) is 37.7 Å². The maximum atomic E-state index is 14.1. The number of nitriles is 1. The standard InChI is InChI=1S/C22H21FN6/c1-16-25-21(27-18-8-6-17(15-24)7-9-18)14-22(26-16)29-12-10-28(11-13-29)20-5-3-2-4-19(20)23/h2-9,14H,10-13H2,1H3,(H,25,26,27). The summed E-state index contributed by atoms with van der Waals surface area (Å²) >= 11 is 0. The third kappa shape index (κ3) is 4.27. The summed E-state index contributed by atoms with van der Waals surface area (Å²) in [6, 6.07) is 18.1. The van der Waals surface area contributed by atoms with E-state index in [4.69, 9.17) is 5.26 Å². The molecule has 29 heavy (non-hydrogen) atoms. The lowest BCUT2D eigenvalue weighted by Gasteiger charge is -2.37. The first-order valence-electron chi connectivity index (χ1n) is 9.50. The fourth-order valence-corrected chi connectivity index (χ4v) is 3.44. The molecular formula is C22H21FN6. The van der Waals surface area contributed by atoms with Crippen molar-refractivity contribution in [2.24, 2.45) is 0 Å². The first-order chi connectivity index (χ1) is 14.1. The minimum Gasteiger partial charge on any atom is -0.366 e. The predicted octanol–water partition coefficient (Wildman–Crippen LogP) is 3.87. The number of nitrogens with one attached hydrogen (secondary N) is 1. The molecule has 0 radical (unpaired) electrons. The molecule has 6 nitrogen and oxygen atoms in total. The van der Waals surface area contributed by atoms with Gasteiger partial charge >= 0.3 is 0 Å². The van der Waals surface area contributed by atoms with E-state index >= 15 is 0 Å². The predicted molar refractivity (Wildman–Crippen MR) is 112 cm³/mol. The molecule has 0 unspecified atom stereocenters. The largest absolute Gasteiger partial charge is 0.366 e. The topological polar surface area (TPSA) is 68.1 Å². The second-order valence-electron chi connectivity index (χ2n) is 6.90. The third-order valence-corrected chi connectivity index (χ3v) is 4.91. The lowest BCUT2D eigenvalue weighted by Crippen LogP contribution is -2.47. The summed E-state index contributed by atoms with van der Waals surface area (Å²) in [5, 5.41) is 12.2. The van der Waals surface area contributed by atoms with Crippen molar-refractivity contribution in [3.8, 4) is 6.07 Å². The van der Waals surface area contributed by atoms with Crippen LogP contribution in [0.3, 0.4) is 0 Å². The molecule has 7 heteroatoms. The van der Waals surface area contributed by atoms with Gasteiger partial charge in [-0.1, -0.05) is 12.1 Å². The first kappa shape index (κ1) is 18.7. The molecule has 0 amide bonds. The average Bonchev–Trinajstić information content (AvgIpc) is 2.74. The molecule has 1 aliphatic heterocycles. The highest BCUT2D eigenvalue weighted by molar-refractivity contribution is 5.61. The molecule has 1 aromatic heterocycles. The Morgan fingerprint density at radius 1 is 0.966 bits per heavy atom. The minimum absolute atomic E-state index is 0.187. The monoisotopic (exact) mass is 388 g/mol. The van der Waals surface area contributed by atoms with Crippen LogP contribution in [0.2, 0.25) is 0 Å². The Hall–Kier alpha value is -3.66. The van der Waals surface area contributed by atoms with Crippen LogP contribution in [0, 0.1) is 24.1 Å². The Bertz CT molecular complexity index is 1040. The Kier molecular flexibility index (Phi) is 5.25. The summed E-state index contributed by atoms with van der Waals surface area (Å²) in [7, 11) is 0. The van der Waals surface area contributed by atoms with Gasteiger partial charge in [-0.25, -0.2) is 14.4 Å². The van der Waals surface area contributed by atoms with Gasteiger partial charge in [-0.3, -0.25) is 0 Å². The highest BCUT2D eigenvalue weighted by atomic mass is 19.1. The van der Waals surface area contributed by atoms with Crippen LogP contribution in [0.15, 0.2) is 54.6 Å². The summed E-state index contributed by atoms with van der Waals surface area (Å²) in [6.07, 6.45) is 0. The van der Waals surface area contributed by atoms with Crippen LogP contribution in [-0.4, -0.2) is 36.1 Å². The lowest BCUT2D eigenvalue weighted by atomic mass is 10.2. The Morgan fingerprint density at radius 3 is 2.34 bits per heavy atom. The van der Waals surface area contributed by atoms with Gasteiger partial charge in [0.2, 0.25) is 0 Å². The molecule has 1 saturated heterocycles. The summed E-state index contributed by atoms with van der Waals surface area (Å²) in [4.78, 5) is 13.3. The number of benzene rings is 2. The van der Waals surface area contributed by atoms with Crippen molar-refractivity contribution >= 4 is 23.0 Å². The van der Waals surface area contributed by atoms with Crippen LogP contribution in [0.1, 0.15) is 11.4 Å². The van der Waals surface area contributed by atoms with Crippen LogP contribution >= 0.6 is 0 Å². The van der Waals surface area contributed by atoms with Crippen molar-refractivity contribution in [3.05, 3.63) is 71.8 Å². The van der Waals surface area contributed by atoms with Crippen molar-refractivity contribution in [1.82, 2.24) is 9.97 Å². The molecule has 0 saturated carbocycles. The fourth-order valence-electron chi connectivity index (χ4n) is 3.44. The number of piperazine rings is 1. The van der Waals surface area contributed by atoms with E-state index in [9.17, 15) is 4.39 Å². The number of rotatable bonds is 4. The normalized spacial score (nSPS) is 13.8. The average molecular weight is 388 g/mol. The number of anilines is 4. The minimum atomic E-state index is -0.187. The molecule has 0 bridgehead atoms. The van der Waals surface area contributed by atoms with Gasteiger partial charge in [-0.2, -0.15) is 5.26 Å². The molecule has 0 aliphatic carbocycles. The quantitative estimate of drug-likeness (QED) is 0.732. The van der Waals surface area contributed by atoms with Crippen molar-refractivity contribution in [3.63, 3.8) is 0 Å². The molecule has 1 aliphatic rings. The zero-order valence-electron chi connectivity index (χ0n) is 16.1. The zero-order valence-corrected chi connectivity index (χ0v) is 16.1. The summed E-state index contributed by atoms with van der Waals surface area (Å²) < 4.78 is 14.1. The molecule has 0 atom stereocenters. The van der Waals surface area contributed by atoms with Gasteiger partial charge in [0, 0.05) is 37.9 Å². The lowest BCUT2D eigenvalue weighted by molar-refractivity contribution is 0.596. The maximum absolute atomic E-state index is 14.1. The van der Waals surface area contributed by atoms with E-state index in [-0.39, 0.29) is 5.82 Å². The molecule has 4 rings (SSSR count). The van der Waals surface area contributed by atoms with Crippen molar-refractivity contribution in [2.45, 2.75) is 6.92 Å². The summed E-state index contributed by atoms with van der Waals surface area (Å²) in [5.74, 6) is 2.04. The Balaban J connectivity index is 1.46. The molecule has 1 N–H and O–H groups in total. The first-order valence-corrected chi connectivity index (χ1v) is 9.50. The van der Waals surface area contributed by atoms with Crippen molar-refractivity contribution < 1.29 is 4.39 Å². The van der Waals surface area contributed by atoms with Gasteiger partial charge in [-0.05, 0) is 43.3 Å². The highest BCUT2D eigenvalue weighted by Gasteiger charge is 2.21. The second-order valence-corrected chi connectivity index (χ2v) is 6.90. The molecule has 2 aromatic carbocycles. The number of aromatic nitrogens is 2. The van der Waals surface area contributed by atoms with E-state index < -0.39 is 0 Å². The number of aryl methyl sites for hydroxylation is 1. The van der Waals surface area contributed by atoms with Crippen LogP contribution in [-0.2, 0) is 0 Å². The molecule has 3 aromatic rings. The SMILES string of the molecule is Cc1nc(Nc2ccc(C#N)cc2)cc(N2CCN(c3ccccc3F)CC2)n1. The van der Waals surface area contributed by atoms with E-state index in [2.05, 4.69) is 31.2 Å². The molecule has 0 spiro atoms. The van der Waals surface area contributed by atoms with Crippen molar-refractivity contribution in [1.29, 1.82) is 5.26 Å². The van der Waals surface area contributed by atoms with Gasteiger partial charge in [0.1, 0.15) is 23.3 Å². The number of nitrogens with zero attached hydrogens (tertiary/aromatic N) is 5. The van der Waals surface area contributed by atoms with E-state index in [0.29, 0.717) is 22.9 Å². The van der Waals surface area contributed by atoms with Gasteiger partial charge in [0.15, 0.2) is 0 Å². The summed E-state index contributed by atoms with van der Waals surface area (Å²) in [6.45, 7) is 4.82. The molecule has 2 heterocycles. The summed E-state index contributed by atoms with van der Waals surface area (Å²) in [5.41, 5.74) is 2.12. The maximum Gasteiger partial charge on any atom is 0.146 e. The molecule has 146 valence electrons. The Morgan fingerprint density at radius 2 is 1.66 bits per heavy atom.